The van der Waals surface area contributed by atoms with E-state index in [1.807, 2.05) is 7.11 Å². The van der Waals surface area contributed by atoms with Crippen LogP contribution < -0.4 is 0 Å². The first kappa shape index (κ1) is 11.0. The van der Waals surface area contributed by atoms with Crippen LogP contribution in [0.25, 0.3) is 0 Å². The molecule has 1 fully saturated rings. The Hall–Kier alpha value is -0.0800. The van der Waals surface area contributed by atoms with E-state index in [1.54, 1.807) is 0 Å². The molecule has 0 saturated carbocycles. The van der Waals surface area contributed by atoms with Crippen LogP contribution in [0.2, 0.25) is 0 Å². The number of rotatable bonds is 3. The van der Waals surface area contributed by atoms with Crippen LogP contribution in [0, 0.1) is 0 Å². The van der Waals surface area contributed by atoms with Crippen LogP contribution in [0.1, 0.15) is 40.0 Å². The van der Waals surface area contributed by atoms with Crippen LogP contribution in [0.15, 0.2) is 0 Å². The molecule has 13 heavy (non-hydrogen) atoms. The van der Waals surface area contributed by atoms with Gasteiger partial charge in [-0.05, 0) is 33.1 Å². The molecule has 0 radical (unpaired) electrons. The third kappa shape index (κ3) is 2.68. The molecule has 0 unspecified atom stereocenters. The molecule has 1 aliphatic rings. The molecule has 1 heterocycles. The van der Waals surface area contributed by atoms with Gasteiger partial charge in [-0.2, -0.15) is 0 Å². The minimum Gasteiger partial charge on any atom is -0.380 e. The summed E-state index contributed by atoms with van der Waals surface area (Å²) in [7, 11) is 1.83. The fraction of sp³-hybridized carbons (Fsp3) is 1.00. The zero-order valence-electron chi connectivity index (χ0n) is 9.42. The molecular formula is C11H23NO. The topological polar surface area (TPSA) is 12.5 Å². The maximum absolute atomic E-state index is 5.42. The van der Waals surface area contributed by atoms with Crippen molar-refractivity contribution in [1.29, 1.82) is 0 Å². The van der Waals surface area contributed by atoms with Crippen LogP contribution in [0.4, 0.5) is 0 Å². The summed E-state index contributed by atoms with van der Waals surface area (Å²) in [6, 6.07) is 1.44. The van der Waals surface area contributed by atoms with E-state index in [1.165, 1.54) is 19.3 Å². The van der Waals surface area contributed by atoms with Gasteiger partial charge in [0, 0.05) is 25.7 Å². The van der Waals surface area contributed by atoms with Gasteiger partial charge in [0.05, 0.1) is 6.10 Å². The molecule has 0 amide bonds. The van der Waals surface area contributed by atoms with Crippen molar-refractivity contribution >= 4 is 0 Å². The molecule has 1 saturated heterocycles. The molecule has 0 bridgehead atoms. The molecule has 0 spiro atoms. The van der Waals surface area contributed by atoms with E-state index < -0.39 is 0 Å². The standard InChI is InChI=1S/C11H23NO/c1-5-10-6-7-11(13-4)8-12(10)9(2)3/h9-11H,5-8H2,1-4H3/t10-,11-/m1/s1. The Bertz CT molecular complexity index is 147. The highest BCUT2D eigenvalue weighted by molar-refractivity contribution is 4.83. The minimum absolute atomic E-state index is 0.463. The van der Waals surface area contributed by atoms with E-state index in [-0.39, 0.29) is 0 Å². The first-order valence-corrected chi connectivity index (χ1v) is 5.47. The van der Waals surface area contributed by atoms with Crippen molar-refractivity contribution in [3.8, 4) is 0 Å². The van der Waals surface area contributed by atoms with E-state index in [4.69, 9.17) is 4.74 Å². The fourth-order valence-corrected chi connectivity index (χ4v) is 2.28. The van der Waals surface area contributed by atoms with E-state index in [0.717, 1.165) is 12.6 Å². The number of ether oxygens (including phenoxy) is 1. The van der Waals surface area contributed by atoms with E-state index in [9.17, 15) is 0 Å². The molecule has 2 heteroatoms. The fourth-order valence-electron chi connectivity index (χ4n) is 2.28. The molecule has 78 valence electrons. The SMILES string of the molecule is CC[C@@H]1CC[C@@H](OC)CN1C(C)C. The largest absolute Gasteiger partial charge is 0.380 e. The second kappa shape index (κ2) is 4.97. The summed E-state index contributed by atoms with van der Waals surface area (Å²) in [6.07, 6.45) is 4.27. The number of piperidine rings is 1. The molecule has 2 nitrogen and oxygen atoms in total. The number of nitrogens with zero attached hydrogens (tertiary/aromatic N) is 1. The Balaban J connectivity index is 2.52. The second-order valence-corrected chi connectivity index (χ2v) is 4.29. The zero-order chi connectivity index (χ0) is 9.84. The highest BCUT2D eigenvalue weighted by Gasteiger charge is 2.28. The first-order valence-electron chi connectivity index (χ1n) is 5.47. The lowest BCUT2D eigenvalue weighted by Crippen LogP contribution is -2.49. The van der Waals surface area contributed by atoms with E-state index in [0.29, 0.717) is 12.1 Å². The van der Waals surface area contributed by atoms with Gasteiger partial charge in [0.25, 0.3) is 0 Å². The minimum atomic E-state index is 0.463. The van der Waals surface area contributed by atoms with E-state index in [2.05, 4.69) is 25.7 Å². The molecule has 2 atom stereocenters. The molecule has 1 aliphatic heterocycles. The highest BCUT2D eigenvalue weighted by Crippen LogP contribution is 2.23. The molecule has 0 N–H and O–H groups in total. The van der Waals surface area contributed by atoms with Gasteiger partial charge in [0.1, 0.15) is 0 Å². The van der Waals surface area contributed by atoms with Gasteiger partial charge in [-0.1, -0.05) is 6.92 Å². The summed E-state index contributed by atoms with van der Waals surface area (Å²) in [5, 5.41) is 0. The van der Waals surface area contributed by atoms with Gasteiger partial charge in [0.15, 0.2) is 0 Å². The molecule has 0 aromatic rings. The van der Waals surface area contributed by atoms with Crippen LogP contribution in [-0.2, 0) is 4.74 Å². The molecular weight excluding hydrogens is 162 g/mol. The zero-order valence-corrected chi connectivity index (χ0v) is 9.42. The summed E-state index contributed by atoms with van der Waals surface area (Å²) in [5.74, 6) is 0. The summed E-state index contributed by atoms with van der Waals surface area (Å²) >= 11 is 0. The lowest BCUT2D eigenvalue weighted by Gasteiger charge is -2.41. The predicted octanol–water partition coefficient (Wildman–Crippen LogP) is 2.28. The van der Waals surface area contributed by atoms with E-state index >= 15 is 0 Å². The smallest absolute Gasteiger partial charge is 0.0699 e. The summed E-state index contributed by atoms with van der Waals surface area (Å²) < 4.78 is 5.42. The van der Waals surface area contributed by atoms with Crippen LogP contribution in [-0.4, -0.2) is 36.7 Å². The predicted molar refractivity (Wildman–Crippen MR) is 56.0 cm³/mol. The molecule has 0 aromatic carbocycles. The number of methoxy groups -OCH3 is 1. The average molecular weight is 185 g/mol. The van der Waals surface area contributed by atoms with Crippen molar-refractivity contribution in [2.75, 3.05) is 13.7 Å². The lowest BCUT2D eigenvalue weighted by molar-refractivity contribution is -0.00908. The van der Waals surface area contributed by atoms with Crippen LogP contribution in [0.5, 0.6) is 0 Å². The first-order chi connectivity index (χ1) is 6.19. The van der Waals surface area contributed by atoms with Gasteiger partial charge in [-0.15, -0.1) is 0 Å². The Kier molecular flexibility index (Phi) is 4.20. The Labute approximate surface area is 82.3 Å². The third-order valence-electron chi connectivity index (χ3n) is 3.17. The van der Waals surface area contributed by atoms with Crippen LogP contribution >= 0.6 is 0 Å². The quantitative estimate of drug-likeness (QED) is 0.669. The monoisotopic (exact) mass is 185 g/mol. The maximum atomic E-state index is 5.42. The number of hydrogen-bond acceptors (Lipinski definition) is 2. The summed E-state index contributed by atoms with van der Waals surface area (Å²) in [4.78, 5) is 2.58. The van der Waals surface area contributed by atoms with Crippen molar-refractivity contribution in [2.24, 2.45) is 0 Å². The van der Waals surface area contributed by atoms with Crippen molar-refractivity contribution in [2.45, 2.75) is 58.2 Å². The maximum Gasteiger partial charge on any atom is 0.0699 e. The van der Waals surface area contributed by atoms with Crippen molar-refractivity contribution in [1.82, 2.24) is 4.90 Å². The Morgan fingerprint density at radius 1 is 1.38 bits per heavy atom. The lowest BCUT2D eigenvalue weighted by atomic mass is 9.96. The summed E-state index contributed by atoms with van der Waals surface area (Å²) in [6.45, 7) is 7.96. The van der Waals surface area contributed by atoms with Gasteiger partial charge < -0.3 is 4.74 Å². The Morgan fingerprint density at radius 3 is 2.54 bits per heavy atom. The van der Waals surface area contributed by atoms with Gasteiger partial charge in [-0.25, -0.2) is 0 Å². The van der Waals surface area contributed by atoms with Gasteiger partial charge in [0.2, 0.25) is 0 Å². The Morgan fingerprint density at radius 2 is 2.08 bits per heavy atom. The third-order valence-corrected chi connectivity index (χ3v) is 3.17. The van der Waals surface area contributed by atoms with Crippen LogP contribution in [0.3, 0.4) is 0 Å². The number of hydrogen-bond donors (Lipinski definition) is 0. The van der Waals surface area contributed by atoms with Crippen molar-refractivity contribution in [3.05, 3.63) is 0 Å². The van der Waals surface area contributed by atoms with Gasteiger partial charge in [-0.3, -0.25) is 4.90 Å². The van der Waals surface area contributed by atoms with Crippen molar-refractivity contribution < 1.29 is 4.74 Å². The highest BCUT2D eigenvalue weighted by atomic mass is 16.5. The summed E-state index contributed by atoms with van der Waals surface area (Å²) in [5.41, 5.74) is 0. The average Bonchev–Trinajstić information content (AvgIpc) is 2.16. The molecule has 1 rings (SSSR count). The van der Waals surface area contributed by atoms with Gasteiger partial charge >= 0.3 is 0 Å². The second-order valence-electron chi connectivity index (χ2n) is 4.29. The number of likely N-dealkylation sites (tertiary alicyclic amines) is 1. The van der Waals surface area contributed by atoms with Crippen molar-refractivity contribution in [3.63, 3.8) is 0 Å². The normalized spacial score (nSPS) is 31.2. The molecule has 0 aliphatic carbocycles. The molecule has 0 aromatic heterocycles.